The van der Waals surface area contributed by atoms with Gasteiger partial charge in [0.1, 0.15) is 0 Å². The molecule has 3 rings (SSSR count). The predicted octanol–water partition coefficient (Wildman–Crippen LogP) is 2.54. The van der Waals surface area contributed by atoms with E-state index in [0.29, 0.717) is 16.8 Å². The van der Waals surface area contributed by atoms with Crippen molar-refractivity contribution in [3.63, 3.8) is 0 Å². The van der Waals surface area contributed by atoms with Gasteiger partial charge in [0.05, 0.1) is 0 Å². The molecule has 1 N–H and O–H groups in total. The zero-order valence-electron chi connectivity index (χ0n) is 9.90. The summed E-state index contributed by atoms with van der Waals surface area (Å²) in [5.41, 5.74) is 0.905. The molecular weight excluding hydrogens is 250 g/mol. The first kappa shape index (κ1) is 11.7. The molecule has 1 aliphatic rings. The minimum Gasteiger partial charge on any atom is -0.334 e. The number of nitrogens with one attached hydrogen (secondary N) is 1. The molecule has 0 amide bonds. The second-order valence-corrected chi connectivity index (χ2v) is 5.02. The largest absolute Gasteiger partial charge is 0.334 e. The monoisotopic (exact) mass is 263 g/mol. The Bertz CT molecular complexity index is 517. The summed E-state index contributed by atoms with van der Waals surface area (Å²) in [6.45, 7) is 2.14. The lowest BCUT2D eigenvalue weighted by molar-refractivity contribution is 0.415. The molecule has 0 saturated carbocycles. The van der Waals surface area contributed by atoms with Gasteiger partial charge in [-0.1, -0.05) is 16.8 Å². The third-order valence-electron chi connectivity index (χ3n) is 3.19. The van der Waals surface area contributed by atoms with Gasteiger partial charge in [0.2, 0.25) is 0 Å². The highest BCUT2D eigenvalue weighted by Crippen LogP contribution is 2.21. The molecule has 94 valence electrons. The molecule has 5 heteroatoms. The van der Waals surface area contributed by atoms with Crippen LogP contribution in [-0.4, -0.2) is 23.2 Å². The second kappa shape index (κ2) is 5.08. The lowest BCUT2D eigenvalue weighted by atomic mass is 10.1. The maximum atomic E-state index is 5.84. The Balaban J connectivity index is 1.74. The van der Waals surface area contributed by atoms with Crippen molar-refractivity contribution in [2.24, 2.45) is 5.92 Å². The molecule has 1 atom stereocenters. The first-order valence-corrected chi connectivity index (χ1v) is 6.48. The van der Waals surface area contributed by atoms with Gasteiger partial charge in [-0.2, -0.15) is 4.98 Å². The van der Waals surface area contributed by atoms with E-state index in [1.165, 1.54) is 6.42 Å². The topological polar surface area (TPSA) is 51.0 Å². The summed E-state index contributed by atoms with van der Waals surface area (Å²) in [6.07, 6.45) is 2.06. The number of halogens is 1. The molecule has 0 bridgehead atoms. The molecule has 0 radical (unpaired) electrons. The Labute approximate surface area is 110 Å². The van der Waals surface area contributed by atoms with E-state index in [4.69, 9.17) is 16.1 Å². The maximum absolute atomic E-state index is 5.84. The van der Waals surface area contributed by atoms with Crippen molar-refractivity contribution in [1.29, 1.82) is 0 Å². The standard InChI is InChI=1S/C13H14ClN3O/c14-11-3-1-10(2-4-11)13-16-12(17-18-13)7-9-5-6-15-8-9/h1-4,9,15H,5-8H2. The first-order chi connectivity index (χ1) is 8.81. The van der Waals surface area contributed by atoms with Crippen LogP contribution in [0.15, 0.2) is 28.8 Å². The fraction of sp³-hybridized carbons (Fsp3) is 0.385. The summed E-state index contributed by atoms with van der Waals surface area (Å²) >= 11 is 5.84. The average molecular weight is 264 g/mol. The molecular formula is C13H14ClN3O. The van der Waals surface area contributed by atoms with Crippen LogP contribution in [0.3, 0.4) is 0 Å². The quantitative estimate of drug-likeness (QED) is 0.925. The number of aromatic nitrogens is 2. The molecule has 0 aliphatic carbocycles. The lowest BCUT2D eigenvalue weighted by Crippen LogP contribution is -2.11. The van der Waals surface area contributed by atoms with Crippen LogP contribution in [0, 0.1) is 5.92 Å². The van der Waals surface area contributed by atoms with Crippen LogP contribution in [0.2, 0.25) is 5.02 Å². The third kappa shape index (κ3) is 2.54. The normalized spacial score (nSPS) is 19.3. The van der Waals surface area contributed by atoms with Gasteiger partial charge in [-0.3, -0.25) is 0 Å². The molecule has 1 fully saturated rings. The zero-order chi connectivity index (χ0) is 12.4. The Kier molecular flexibility index (Phi) is 3.30. The Hall–Kier alpha value is -1.39. The number of hydrogen-bond acceptors (Lipinski definition) is 4. The van der Waals surface area contributed by atoms with Crippen LogP contribution in [0.1, 0.15) is 12.2 Å². The summed E-state index contributed by atoms with van der Waals surface area (Å²) < 4.78 is 5.28. The predicted molar refractivity (Wildman–Crippen MR) is 69.4 cm³/mol. The van der Waals surface area contributed by atoms with Gasteiger partial charge in [-0.05, 0) is 49.7 Å². The van der Waals surface area contributed by atoms with Gasteiger partial charge in [-0.15, -0.1) is 0 Å². The van der Waals surface area contributed by atoms with Crippen LogP contribution in [0.5, 0.6) is 0 Å². The first-order valence-electron chi connectivity index (χ1n) is 6.10. The maximum Gasteiger partial charge on any atom is 0.257 e. The smallest absolute Gasteiger partial charge is 0.257 e. The van der Waals surface area contributed by atoms with Gasteiger partial charge in [-0.25, -0.2) is 0 Å². The summed E-state index contributed by atoms with van der Waals surface area (Å²) in [6, 6.07) is 7.41. The number of hydrogen-bond donors (Lipinski definition) is 1. The van der Waals surface area contributed by atoms with Crippen molar-refractivity contribution in [1.82, 2.24) is 15.5 Å². The van der Waals surface area contributed by atoms with Crippen molar-refractivity contribution >= 4 is 11.6 Å². The van der Waals surface area contributed by atoms with Crippen LogP contribution in [0.25, 0.3) is 11.5 Å². The summed E-state index contributed by atoms with van der Waals surface area (Å²) in [5.74, 6) is 1.97. The molecule has 0 spiro atoms. The molecule has 4 nitrogen and oxygen atoms in total. The summed E-state index contributed by atoms with van der Waals surface area (Å²) in [7, 11) is 0. The minimum atomic E-state index is 0.563. The Morgan fingerprint density at radius 2 is 2.17 bits per heavy atom. The van der Waals surface area contributed by atoms with Gasteiger partial charge in [0.15, 0.2) is 5.82 Å². The third-order valence-corrected chi connectivity index (χ3v) is 3.44. The zero-order valence-corrected chi connectivity index (χ0v) is 10.7. The molecule has 1 saturated heterocycles. The van der Waals surface area contributed by atoms with Crippen molar-refractivity contribution in [2.45, 2.75) is 12.8 Å². The fourth-order valence-electron chi connectivity index (χ4n) is 2.19. The molecule has 2 aromatic rings. The molecule has 1 aliphatic heterocycles. The minimum absolute atomic E-state index is 0.563. The average Bonchev–Trinajstić information content (AvgIpc) is 3.02. The van der Waals surface area contributed by atoms with E-state index in [1.54, 1.807) is 0 Å². The Morgan fingerprint density at radius 3 is 2.89 bits per heavy atom. The number of benzene rings is 1. The molecule has 1 unspecified atom stereocenters. The van der Waals surface area contributed by atoms with Crippen LogP contribution >= 0.6 is 11.6 Å². The van der Waals surface area contributed by atoms with Gasteiger partial charge < -0.3 is 9.84 Å². The van der Waals surface area contributed by atoms with E-state index in [-0.39, 0.29) is 0 Å². The van der Waals surface area contributed by atoms with Crippen molar-refractivity contribution < 1.29 is 4.52 Å². The summed E-state index contributed by atoms with van der Waals surface area (Å²) in [4.78, 5) is 4.43. The van der Waals surface area contributed by atoms with E-state index in [2.05, 4.69) is 15.5 Å². The van der Waals surface area contributed by atoms with E-state index < -0.39 is 0 Å². The van der Waals surface area contributed by atoms with E-state index >= 15 is 0 Å². The van der Waals surface area contributed by atoms with Crippen molar-refractivity contribution in [3.05, 3.63) is 35.1 Å². The van der Waals surface area contributed by atoms with E-state index in [9.17, 15) is 0 Å². The highest BCUT2D eigenvalue weighted by molar-refractivity contribution is 6.30. The van der Waals surface area contributed by atoms with Crippen molar-refractivity contribution in [2.75, 3.05) is 13.1 Å². The second-order valence-electron chi connectivity index (χ2n) is 4.59. The van der Waals surface area contributed by atoms with E-state index in [1.807, 2.05) is 24.3 Å². The lowest BCUT2D eigenvalue weighted by Gasteiger charge is -2.02. The van der Waals surface area contributed by atoms with Gasteiger partial charge >= 0.3 is 0 Å². The van der Waals surface area contributed by atoms with Gasteiger partial charge in [0, 0.05) is 17.0 Å². The van der Waals surface area contributed by atoms with Crippen LogP contribution in [0.4, 0.5) is 0 Å². The van der Waals surface area contributed by atoms with Crippen molar-refractivity contribution in [3.8, 4) is 11.5 Å². The SMILES string of the molecule is Clc1ccc(-c2nc(CC3CCNC3)no2)cc1. The summed E-state index contributed by atoms with van der Waals surface area (Å²) in [5, 5.41) is 8.07. The van der Waals surface area contributed by atoms with Crippen LogP contribution < -0.4 is 5.32 Å². The highest BCUT2D eigenvalue weighted by atomic mass is 35.5. The van der Waals surface area contributed by atoms with E-state index in [0.717, 1.165) is 30.9 Å². The molecule has 1 aromatic heterocycles. The molecule has 2 heterocycles. The number of nitrogens with zero attached hydrogens (tertiary/aromatic N) is 2. The van der Waals surface area contributed by atoms with Crippen LogP contribution in [-0.2, 0) is 6.42 Å². The highest BCUT2D eigenvalue weighted by Gasteiger charge is 2.18. The fourth-order valence-corrected chi connectivity index (χ4v) is 2.32. The van der Waals surface area contributed by atoms with Gasteiger partial charge in [0.25, 0.3) is 5.89 Å². The Morgan fingerprint density at radius 1 is 1.33 bits per heavy atom. The number of rotatable bonds is 3. The molecule has 18 heavy (non-hydrogen) atoms. The molecule has 1 aromatic carbocycles.